The lowest BCUT2D eigenvalue weighted by molar-refractivity contribution is -0.113. The minimum atomic E-state index is -0.423. The Balaban J connectivity index is 1.71. The number of carbonyl (C=O) groups excluding carboxylic acids is 2. The van der Waals surface area contributed by atoms with E-state index < -0.39 is 12.3 Å². The highest BCUT2D eigenvalue weighted by molar-refractivity contribution is 7.07. The van der Waals surface area contributed by atoms with Gasteiger partial charge in [0.2, 0.25) is 4.80 Å². The molecule has 2 aromatic rings. The molecule has 2 atom stereocenters. The number of nitrogens with zero attached hydrogens (tertiary/aromatic N) is 5. The molecule has 1 fully saturated rings. The number of benzene rings is 1. The van der Waals surface area contributed by atoms with Crippen molar-refractivity contribution in [1.29, 1.82) is 0 Å². The quantitative estimate of drug-likeness (QED) is 0.715. The molecule has 1 saturated heterocycles. The number of hydrogen-bond donors (Lipinski definition) is 1. The van der Waals surface area contributed by atoms with Crippen molar-refractivity contribution in [3.8, 4) is 0 Å². The second-order valence-corrected chi connectivity index (χ2v) is 9.34. The third-order valence-corrected chi connectivity index (χ3v) is 7.85. The number of amides is 3. The minimum Gasteiger partial charge on any atom is -0.305 e. The zero-order valence-corrected chi connectivity index (χ0v) is 20.1. The molecule has 0 aliphatic carbocycles. The first-order valence-electron chi connectivity index (χ1n) is 11.6. The molecule has 33 heavy (non-hydrogen) atoms. The van der Waals surface area contributed by atoms with Gasteiger partial charge in [-0.05, 0) is 32.8 Å². The van der Waals surface area contributed by atoms with E-state index in [0.717, 1.165) is 24.1 Å². The standard InChI is InChI=1S/C23H28N6O3S/c1-5-13(6-2)28-15-12-10-9-11-14(15)16(20(28)30)17-21(31)29-22(33-17)24-18-19(25-29)27(8-4)23(32)26(18)7-3/h9-13,18-19,25H,5-8H2,1-4H3/b17-16-. The third-order valence-electron chi connectivity index (χ3n) is 6.80. The number of fused-ring (bicyclic) bond motifs is 3. The molecule has 3 aliphatic heterocycles. The van der Waals surface area contributed by atoms with Crippen LogP contribution in [0.4, 0.5) is 10.5 Å². The summed E-state index contributed by atoms with van der Waals surface area (Å²) in [7, 11) is 0. The van der Waals surface area contributed by atoms with Crippen LogP contribution >= 0.6 is 11.3 Å². The molecule has 10 heteroatoms. The lowest BCUT2D eigenvalue weighted by Crippen LogP contribution is -2.55. The summed E-state index contributed by atoms with van der Waals surface area (Å²) in [5.41, 5.74) is 4.97. The van der Waals surface area contributed by atoms with E-state index in [9.17, 15) is 14.4 Å². The number of urea groups is 1. The number of likely N-dealkylation sites (N-methyl/N-ethyl adjacent to an activating group) is 2. The van der Waals surface area contributed by atoms with E-state index in [1.165, 1.54) is 16.0 Å². The first-order chi connectivity index (χ1) is 16.0. The summed E-state index contributed by atoms with van der Waals surface area (Å²) in [6, 6.07) is 7.64. The molecule has 0 spiro atoms. The normalized spacial score (nSPS) is 23.0. The predicted molar refractivity (Wildman–Crippen MR) is 127 cm³/mol. The van der Waals surface area contributed by atoms with Crippen molar-refractivity contribution in [2.75, 3.05) is 23.4 Å². The van der Waals surface area contributed by atoms with Crippen LogP contribution in [-0.4, -0.2) is 57.9 Å². The van der Waals surface area contributed by atoms with E-state index in [1.54, 1.807) is 9.80 Å². The largest absolute Gasteiger partial charge is 0.323 e. The molecule has 4 heterocycles. The monoisotopic (exact) mass is 468 g/mol. The number of aromatic nitrogens is 1. The van der Waals surface area contributed by atoms with Crippen molar-refractivity contribution in [2.45, 2.75) is 58.9 Å². The highest BCUT2D eigenvalue weighted by Gasteiger charge is 2.47. The maximum atomic E-state index is 13.7. The summed E-state index contributed by atoms with van der Waals surface area (Å²) in [6.07, 6.45) is 0.828. The van der Waals surface area contributed by atoms with Crippen LogP contribution in [0.1, 0.15) is 46.1 Å². The molecule has 3 amide bonds. The molecular formula is C23H28N6O3S. The van der Waals surface area contributed by atoms with Gasteiger partial charge in [0.1, 0.15) is 4.53 Å². The Morgan fingerprint density at radius 2 is 1.73 bits per heavy atom. The summed E-state index contributed by atoms with van der Waals surface area (Å²) < 4.78 is 1.78. The molecule has 9 nitrogen and oxygen atoms in total. The number of rotatable bonds is 5. The highest BCUT2D eigenvalue weighted by atomic mass is 32.1. The van der Waals surface area contributed by atoms with Gasteiger partial charge in [-0.3, -0.25) is 24.8 Å². The van der Waals surface area contributed by atoms with Crippen LogP contribution in [-0.2, 0) is 4.79 Å². The highest BCUT2D eigenvalue weighted by Crippen LogP contribution is 2.37. The zero-order chi connectivity index (χ0) is 23.4. The fraction of sp³-hybridized carbons (Fsp3) is 0.478. The number of nitrogens with one attached hydrogen (secondary N) is 1. The third kappa shape index (κ3) is 2.96. The Morgan fingerprint density at radius 1 is 1.03 bits per heavy atom. The Bertz CT molecular complexity index is 1310. The second-order valence-electron chi connectivity index (χ2n) is 8.36. The summed E-state index contributed by atoms with van der Waals surface area (Å²) in [5.74, 6) is -0.137. The van der Waals surface area contributed by atoms with Crippen LogP contribution in [0.2, 0.25) is 0 Å². The Labute approximate surface area is 195 Å². The maximum Gasteiger partial charge on any atom is 0.323 e. The van der Waals surface area contributed by atoms with E-state index in [4.69, 9.17) is 4.99 Å². The fourth-order valence-electron chi connectivity index (χ4n) is 5.11. The number of hydrogen-bond acceptors (Lipinski definition) is 6. The van der Waals surface area contributed by atoms with E-state index in [2.05, 4.69) is 19.3 Å². The molecule has 0 bridgehead atoms. The lowest BCUT2D eigenvalue weighted by Gasteiger charge is -2.28. The topological polar surface area (TPSA) is 90.2 Å². The lowest BCUT2D eigenvalue weighted by atomic mass is 10.1. The van der Waals surface area contributed by atoms with Gasteiger partial charge in [-0.1, -0.05) is 43.4 Å². The van der Waals surface area contributed by atoms with Crippen molar-refractivity contribution < 1.29 is 9.59 Å². The Hall–Kier alpha value is -3.14. The zero-order valence-electron chi connectivity index (χ0n) is 19.2. The van der Waals surface area contributed by atoms with Crippen molar-refractivity contribution >= 4 is 34.5 Å². The van der Waals surface area contributed by atoms with Gasteiger partial charge in [-0.15, -0.1) is 0 Å². The second kappa shape index (κ2) is 8.02. The van der Waals surface area contributed by atoms with Gasteiger partial charge in [-0.25, -0.2) is 9.79 Å². The SMILES string of the molecule is CCC(CC)N1C(=O)/C(=c2\sc3n(c2=O)NC2C(N=3)N(CC)C(=O)N2CC)c2ccccc21. The molecular weight excluding hydrogens is 440 g/mol. The average molecular weight is 469 g/mol. The van der Waals surface area contributed by atoms with Gasteiger partial charge in [0.05, 0.1) is 11.3 Å². The van der Waals surface area contributed by atoms with Crippen molar-refractivity contribution in [1.82, 2.24) is 14.5 Å². The van der Waals surface area contributed by atoms with Gasteiger partial charge in [-0.2, -0.15) is 4.68 Å². The van der Waals surface area contributed by atoms with Crippen molar-refractivity contribution in [3.05, 3.63) is 49.5 Å². The number of anilines is 1. The molecule has 3 aliphatic rings. The summed E-state index contributed by atoms with van der Waals surface area (Å²) in [6.45, 7) is 9.00. The number of thiazole rings is 1. The van der Waals surface area contributed by atoms with Crippen LogP contribution in [0.25, 0.3) is 5.57 Å². The van der Waals surface area contributed by atoms with Gasteiger partial charge in [0.25, 0.3) is 11.5 Å². The van der Waals surface area contributed by atoms with Crippen LogP contribution in [0.3, 0.4) is 0 Å². The van der Waals surface area contributed by atoms with Gasteiger partial charge < -0.3 is 4.90 Å². The van der Waals surface area contributed by atoms with Gasteiger partial charge in [0.15, 0.2) is 12.3 Å². The summed E-state index contributed by atoms with van der Waals surface area (Å²) in [4.78, 5) is 50.4. The van der Waals surface area contributed by atoms with E-state index >= 15 is 0 Å². The molecule has 174 valence electrons. The molecule has 1 aromatic heterocycles. The average Bonchev–Trinajstić information content (AvgIpc) is 3.39. The molecule has 0 radical (unpaired) electrons. The molecule has 2 unspecified atom stereocenters. The fourth-order valence-corrected chi connectivity index (χ4v) is 6.15. The summed E-state index contributed by atoms with van der Waals surface area (Å²) in [5, 5.41) is 0. The first kappa shape index (κ1) is 21.7. The number of para-hydroxylation sites is 1. The first-order valence-corrected chi connectivity index (χ1v) is 12.4. The smallest absolute Gasteiger partial charge is 0.305 e. The Kier molecular flexibility index (Phi) is 5.27. The van der Waals surface area contributed by atoms with E-state index in [-0.39, 0.29) is 23.5 Å². The van der Waals surface area contributed by atoms with Crippen LogP contribution in [0, 0.1) is 0 Å². The maximum absolute atomic E-state index is 13.7. The van der Waals surface area contributed by atoms with Gasteiger partial charge in [0, 0.05) is 24.7 Å². The van der Waals surface area contributed by atoms with Crippen LogP contribution in [0.5, 0.6) is 0 Å². The Morgan fingerprint density at radius 3 is 2.39 bits per heavy atom. The van der Waals surface area contributed by atoms with E-state index in [1.807, 2.05) is 43.0 Å². The minimum absolute atomic E-state index is 0.0675. The predicted octanol–water partition coefficient (Wildman–Crippen LogP) is 1.25. The molecule has 1 N–H and O–H groups in total. The van der Waals surface area contributed by atoms with Crippen LogP contribution < -0.4 is 25.2 Å². The van der Waals surface area contributed by atoms with Gasteiger partial charge >= 0.3 is 6.03 Å². The van der Waals surface area contributed by atoms with Crippen molar-refractivity contribution in [2.24, 2.45) is 4.99 Å². The summed E-state index contributed by atoms with van der Waals surface area (Å²) >= 11 is 1.21. The molecule has 0 saturated carbocycles. The van der Waals surface area contributed by atoms with Crippen LogP contribution in [0.15, 0.2) is 34.1 Å². The molecule has 5 rings (SSSR count). The number of carbonyl (C=O) groups is 2. The molecule has 1 aromatic carbocycles. The van der Waals surface area contributed by atoms with Crippen molar-refractivity contribution in [3.63, 3.8) is 0 Å². The van der Waals surface area contributed by atoms with E-state index in [0.29, 0.717) is 28.0 Å².